The molecule has 0 N–H and O–H groups in total. The van der Waals surface area contributed by atoms with E-state index in [0.29, 0.717) is 37.0 Å². The number of methoxy groups -OCH3 is 1. The monoisotopic (exact) mass is 407 g/mol. The molecule has 0 amide bonds. The molecule has 30 heavy (non-hydrogen) atoms. The third-order valence-corrected chi connectivity index (χ3v) is 4.41. The Hall–Kier alpha value is -3.54. The first-order chi connectivity index (χ1) is 14.6. The average molecular weight is 407 g/mol. The van der Waals surface area contributed by atoms with E-state index in [2.05, 4.69) is 4.98 Å². The van der Waals surface area contributed by atoms with E-state index < -0.39 is 5.97 Å². The van der Waals surface area contributed by atoms with Gasteiger partial charge in [0.05, 0.1) is 26.0 Å². The molecule has 0 unspecified atom stereocenters. The number of aryl methyl sites for hydroxylation is 1. The van der Waals surface area contributed by atoms with Crippen molar-refractivity contribution in [2.75, 3.05) is 20.3 Å². The molecule has 3 aromatic rings. The fraction of sp³-hybridized carbons (Fsp3) is 0.250. The van der Waals surface area contributed by atoms with Crippen molar-refractivity contribution < 1.29 is 23.4 Å². The molecule has 0 aliphatic rings. The van der Waals surface area contributed by atoms with Gasteiger partial charge in [0, 0.05) is 23.6 Å². The van der Waals surface area contributed by atoms with Gasteiger partial charge in [-0.3, -0.25) is 0 Å². The minimum Gasteiger partial charge on any atom is -0.492 e. The lowest BCUT2D eigenvalue weighted by Gasteiger charge is -2.12. The first-order valence-electron chi connectivity index (χ1n) is 9.78. The van der Waals surface area contributed by atoms with E-state index >= 15 is 0 Å². The molecule has 0 atom stereocenters. The molecule has 156 valence electrons. The normalized spacial score (nSPS) is 10.9. The number of hydrogen-bond donors (Lipinski definition) is 0. The van der Waals surface area contributed by atoms with E-state index in [1.165, 1.54) is 6.08 Å². The molecule has 0 bridgehead atoms. The number of carbonyl (C=O) groups excluding carboxylic acids is 1. The van der Waals surface area contributed by atoms with Crippen molar-refractivity contribution >= 4 is 12.0 Å². The summed E-state index contributed by atoms with van der Waals surface area (Å²) in [6, 6.07) is 15.3. The molecule has 1 heterocycles. The minimum absolute atomic E-state index is 0.330. The summed E-state index contributed by atoms with van der Waals surface area (Å²) in [5.74, 6) is 2.12. The Bertz CT molecular complexity index is 1010. The maximum absolute atomic E-state index is 11.6. The Balaban J connectivity index is 1.67. The highest BCUT2D eigenvalue weighted by molar-refractivity contribution is 5.87. The van der Waals surface area contributed by atoms with E-state index in [9.17, 15) is 4.79 Å². The molecule has 0 saturated heterocycles. The van der Waals surface area contributed by atoms with Crippen molar-refractivity contribution in [1.29, 1.82) is 0 Å². The number of aromatic nitrogens is 1. The van der Waals surface area contributed by atoms with Crippen LogP contribution in [-0.2, 0) is 16.0 Å². The summed E-state index contributed by atoms with van der Waals surface area (Å²) in [7, 11) is 1.57. The molecule has 0 aliphatic carbocycles. The highest BCUT2D eigenvalue weighted by Crippen LogP contribution is 2.32. The number of oxazole rings is 1. The summed E-state index contributed by atoms with van der Waals surface area (Å²) >= 11 is 0. The van der Waals surface area contributed by atoms with Crippen LogP contribution in [0.1, 0.15) is 23.9 Å². The van der Waals surface area contributed by atoms with Crippen molar-refractivity contribution in [3.63, 3.8) is 0 Å². The van der Waals surface area contributed by atoms with Crippen molar-refractivity contribution in [2.24, 2.45) is 0 Å². The van der Waals surface area contributed by atoms with E-state index in [4.69, 9.17) is 18.6 Å². The van der Waals surface area contributed by atoms with Crippen molar-refractivity contribution in [3.8, 4) is 23.0 Å². The maximum atomic E-state index is 11.6. The zero-order valence-corrected chi connectivity index (χ0v) is 17.4. The van der Waals surface area contributed by atoms with Gasteiger partial charge < -0.3 is 18.6 Å². The van der Waals surface area contributed by atoms with Crippen molar-refractivity contribution in [1.82, 2.24) is 4.98 Å². The first-order valence-corrected chi connectivity index (χ1v) is 9.78. The Morgan fingerprint density at radius 3 is 2.67 bits per heavy atom. The van der Waals surface area contributed by atoms with Gasteiger partial charge in [0.15, 0.2) is 11.5 Å². The Morgan fingerprint density at radius 2 is 1.93 bits per heavy atom. The smallest absolute Gasteiger partial charge is 0.330 e. The van der Waals surface area contributed by atoms with Gasteiger partial charge in [-0.2, -0.15) is 0 Å². The third kappa shape index (κ3) is 5.29. The molecule has 0 aliphatic heterocycles. The molecule has 0 saturated carbocycles. The molecule has 0 fully saturated rings. The van der Waals surface area contributed by atoms with E-state index in [0.717, 1.165) is 22.6 Å². The fourth-order valence-corrected chi connectivity index (χ4v) is 2.97. The quantitative estimate of drug-likeness (QED) is 0.373. The second-order valence-corrected chi connectivity index (χ2v) is 6.45. The number of hydrogen-bond acceptors (Lipinski definition) is 6. The number of ether oxygens (including phenoxy) is 3. The third-order valence-electron chi connectivity index (χ3n) is 4.41. The highest BCUT2D eigenvalue weighted by atomic mass is 16.5. The minimum atomic E-state index is -0.401. The van der Waals surface area contributed by atoms with Crippen LogP contribution in [0.15, 0.2) is 59.0 Å². The number of carbonyl (C=O) groups is 1. The van der Waals surface area contributed by atoms with Crippen LogP contribution in [0.4, 0.5) is 0 Å². The van der Waals surface area contributed by atoms with Crippen molar-refractivity contribution in [2.45, 2.75) is 20.3 Å². The standard InChI is InChI=1S/C24H25NO5/c1-4-28-22(26)14-13-18-11-8-12-21(23(18)27-3)29-16-15-20-17(2)30-24(25-20)19-9-6-5-7-10-19/h5-14H,4,15-16H2,1-3H3/b14-13+. The fourth-order valence-electron chi connectivity index (χ4n) is 2.97. The molecular weight excluding hydrogens is 382 g/mol. The van der Waals surface area contributed by atoms with Crippen LogP contribution < -0.4 is 9.47 Å². The van der Waals surface area contributed by atoms with Gasteiger partial charge >= 0.3 is 5.97 Å². The molecule has 1 aromatic heterocycles. The molecule has 0 spiro atoms. The first kappa shape index (κ1) is 21.2. The van der Waals surface area contributed by atoms with Crippen LogP contribution in [0.5, 0.6) is 11.5 Å². The summed E-state index contributed by atoms with van der Waals surface area (Å²) in [5.41, 5.74) is 2.52. The molecule has 6 heteroatoms. The maximum Gasteiger partial charge on any atom is 0.330 e. The van der Waals surface area contributed by atoms with E-state index in [1.54, 1.807) is 20.1 Å². The molecule has 2 aromatic carbocycles. The molecule has 6 nitrogen and oxygen atoms in total. The average Bonchev–Trinajstić information content (AvgIpc) is 3.13. The van der Waals surface area contributed by atoms with Gasteiger partial charge in [-0.15, -0.1) is 0 Å². The zero-order chi connectivity index (χ0) is 21.3. The predicted molar refractivity (Wildman–Crippen MR) is 115 cm³/mol. The largest absolute Gasteiger partial charge is 0.492 e. The lowest BCUT2D eigenvalue weighted by Crippen LogP contribution is -2.04. The van der Waals surface area contributed by atoms with Gasteiger partial charge in [0.1, 0.15) is 5.76 Å². The second kappa shape index (κ2) is 10.3. The Kier molecular flexibility index (Phi) is 7.27. The van der Waals surface area contributed by atoms with Crippen LogP contribution >= 0.6 is 0 Å². The summed E-state index contributed by atoms with van der Waals surface area (Å²) < 4.78 is 22.1. The molecule has 0 radical (unpaired) electrons. The van der Waals surface area contributed by atoms with Gasteiger partial charge in [-0.1, -0.05) is 30.3 Å². The van der Waals surface area contributed by atoms with Crippen LogP contribution in [0.25, 0.3) is 17.5 Å². The van der Waals surface area contributed by atoms with Gasteiger partial charge in [0.25, 0.3) is 0 Å². The molecular formula is C24H25NO5. The van der Waals surface area contributed by atoms with Crippen LogP contribution in [0.3, 0.4) is 0 Å². The van der Waals surface area contributed by atoms with Crippen LogP contribution in [0, 0.1) is 6.92 Å². The number of rotatable bonds is 9. The molecule has 3 rings (SSSR count). The number of esters is 1. The van der Waals surface area contributed by atoms with Crippen molar-refractivity contribution in [3.05, 3.63) is 71.6 Å². The SMILES string of the molecule is CCOC(=O)/C=C/c1cccc(OCCc2nc(-c3ccccc3)oc2C)c1OC. The lowest BCUT2D eigenvalue weighted by atomic mass is 10.1. The highest BCUT2D eigenvalue weighted by Gasteiger charge is 2.13. The van der Waals surface area contributed by atoms with Crippen LogP contribution in [-0.4, -0.2) is 31.3 Å². The van der Waals surface area contributed by atoms with Gasteiger partial charge in [-0.25, -0.2) is 9.78 Å². The van der Waals surface area contributed by atoms with E-state index in [1.807, 2.05) is 55.5 Å². The summed E-state index contributed by atoms with van der Waals surface area (Å²) in [6.45, 7) is 4.40. The Labute approximate surface area is 176 Å². The second-order valence-electron chi connectivity index (χ2n) is 6.45. The zero-order valence-electron chi connectivity index (χ0n) is 17.4. The lowest BCUT2D eigenvalue weighted by molar-refractivity contribution is -0.137. The van der Waals surface area contributed by atoms with Gasteiger partial charge in [-0.05, 0) is 38.1 Å². The van der Waals surface area contributed by atoms with Crippen LogP contribution in [0.2, 0.25) is 0 Å². The van der Waals surface area contributed by atoms with Gasteiger partial charge in [0.2, 0.25) is 5.89 Å². The topological polar surface area (TPSA) is 70.8 Å². The number of benzene rings is 2. The number of nitrogens with zero attached hydrogens (tertiary/aromatic N) is 1. The Morgan fingerprint density at radius 1 is 1.13 bits per heavy atom. The number of para-hydroxylation sites is 1. The summed E-state index contributed by atoms with van der Waals surface area (Å²) in [4.78, 5) is 16.2. The summed E-state index contributed by atoms with van der Waals surface area (Å²) in [5, 5.41) is 0. The van der Waals surface area contributed by atoms with E-state index in [-0.39, 0.29) is 0 Å². The predicted octanol–water partition coefficient (Wildman–Crippen LogP) is 4.86. The summed E-state index contributed by atoms with van der Waals surface area (Å²) in [6.07, 6.45) is 3.61.